The van der Waals surface area contributed by atoms with Gasteiger partial charge in [-0.1, -0.05) is 40.9 Å². The van der Waals surface area contributed by atoms with Crippen LogP contribution < -0.4 is 5.73 Å². The fraction of sp³-hybridized carbons (Fsp3) is 0.364. The van der Waals surface area contributed by atoms with Gasteiger partial charge in [-0.2, -0.15) is 0 Å². The molecular formula is C11H14N4S3. The highest BCUT2D eigenvalue weighted by Gasteiger charge is 2.20. The van der Waals surface area contributed by atoms with Gasteiger partial charge in [0.15, 0.2) is 8.68 Å². The van der Waals surface area contributed by atoms with Crippen LogP contribution in [0.25, 0.3) is 0 Å². The molecule has 0 aliphatic carbocycles. The fourth-order valence-electron chi connectivity index (χ4n) is 1.46. The van der Waals surface area contributed by atoms with Gasteiger partial charge in [0.1, 0.15) is 0 Å². The average molecular weight is 298 g/mol. The van der Waals surface area contributed by atoms with Crippen molar-refractivity contribution in [3.8, 4) is 0 Å². The van der Waals surface area contributed by atoms with Crippen molar-refractivity contribution in [1.82, 2.24) is 15.2 Å². The monoisotopic (exact) mass is 298 g/mol. The number of nitrogens with zero attached hydrogens (tertiary/aromatic N) is 3. The lowest BCUT2D eigenvalue weighted by Gasteiger charge is -2.18. The van der Waals surface area contributed by atoms with E-state index in [0.29, 0.717) is 0 Å². The summed E-state index contributed by atoms with van der Waals surface area (Å²) in [6.45, 7) is 2.00. The molecule has 2 unspecified atom stereocenters. The van der Waals surface area contributed by atoms with Crippen molar-refractivity contribution in [2.75, 3.05) is 6.26 Å². The van der Waals surface area contributed by atoms with Gasteiger partial charge in [0, 0.05) is 18.4 Å². The van der Waals surface area contributed by atoms with Crippen LogP contribution in [0.3, 0.4) is 0 Å². The van der Waals surface area contributed by atoms with E-state index in [1.807, 2.05) is 31.5 Å². The molecule has 2 aromatic rings. The molecule has 0 saturated heterocycles. The zero-order chi connectivity index (χ0) is 13.0. The molecule has 96 valence electrons. The topological polar surface area (TPSA) is 64.7 Å². The highest BCUT2D eigenvalue weighted by atomic mass is 32.2. The maximum atomic E-state index is 6.06. The Morgan fingerprint density at radius 3 is 2.67 bits per heavy atom. The Labute approximate surface area is 119 Å². The number of rotatable bonds is 5. The SMILES string of the molecule is CSc1nnc(SC(c2cccnc2)C(C)N)s1. The Kier molecular flexibility index (Phi) is 4.99. The van der Waals surface area contributed by atoms with E-state index in [0.717, 1.165) is 14.2 Å². The third-order valence-corrected chi connectivity index (χ3v) is 5.75. The second-order valence-electron chi connectivity index (χ2n) is 3.72. The lowest BCUT2D eigenvalue weighted by atomic mass is 10.1. The number of nitrogens with two attached hydrogens (primary N) is 1. The standard InChI is InChI=1S/C11H14N4S3/c1-7(12)9(8-4-3-5-13-6-8)17-11-15-14-10(16-2)18-11/h3-7,9H,12H2,1-2H3. The molecule has 0 aromatic carbocycles. The molecule has 0 fully saturated rings. The zero-order valence-electron chi connectivity index (χ0n) is 10.1. The highest BCUT2D eigenvalue weighted by Crippen LogP contribution is 2.39. The molecule has 2 rings (SSSR count). The number of hydrogen-bond donors (Lipinski definition) is 1. The number of thioether (sulfide) groups is 2. The van der Waals surface area contributed by atoms with Crippen LogP contribution in [-0.4, -0.2) is 27.5 Å². The van der Waals surface area contributed by atoms with Gasteiger partial charge >= 0.3 is 0 Å². The number of aromatic nitrogens is 3. The fourth-order valence-corrected chi connectivity index (χ4v) is 4.16. The van der Waals surface area contributed by atoms with E-state index in [1.165, 1.54) is 0 Å². The van der Waals surface area contributed by atoms with Crippen molar-refractivity contribution < 1.29 is 0 Å². The molecule has 4 nitrogen and oxygen atoms in total. The van der Waals surface area contributed by atoms with Gasteiger partial charge in [-0.15, -0.1) is 10.2 Å². The minimum absolute atomic E-state index is 0.0285. The minimum atomic E-state index is 0.0285. The van der Waals surface area contributed by atoms with E-state index < -0.39 is 0 Å². The molecule has 18 heavy (non-hydrogen) atoms. The van der Waals surface area contributed by atoms with E-state index in [-0.39, 0.29) is 11.3 Å². The summed E-state index contributed by atoms with van der Waals surface area (Å²) in [4.78, 5) is 4.15. The van der Waals surface area contributed by atoms with Gasteiger partial charge in [0.25, 0.3) is 0 Å². The number of hydrogen-bond acceptors (Lipinski definition) is 7. The molecule has 0 radical (unpaired) electrons. The Morgan fingerprint density at radius 2 is 2.11 bits per heavy atom. The van der Waals surface area contributed by atoms with E-state index in [4.69, 9.17) is 5.73 Å². The average Bonchev–Trinajstić information content (AvgIpc) is 2.84. The second kappa shape index (κ2) is 6.51. The van der Waals surface area contributed by atoms with Crippen LogP contribution in [-0.2, 0) is 0 Å². The quantitative estimate of drug-likeness (QED) is 0.856. The van der Waals surface area contributed by atoms with Gasteiger partial charge in [-0.3, -0.25) is 4.98 Å². The first-order valence-electron chi connectivity index (χ1n) is 5.40. The predicted octanol–water partition coefficient (Wildman–Crippen LogP) is 2.84. The van der Waals surface area contributed by atoms with Crippen LogP contribution in [0.15, 0.2) is 33.2 Å². The molecule has 0 bridgehead atoms. The minimum Gasteiger partial charge on any atom is -0.327 e. The summed E-state index contributed by atoms with van der Waals surface area (Å²) in [6, 6.07) is 4.00. The van der Waals surface area contributed by atoms with Gasteiger partial charge < -0.3 is 5.73 Å². The third kappa shape index (κ3) is 3.44. The summed E-state index contributed by atoms with van der Waals surface area (Å²) >= 11 is 4.86. The third-order valence-electron chi connectivity index (χ3n) is 2.28. The number of pyridine rings is 1. The molecule has 2 aromatic heterocycles. The molecule has 0 amide bonds. The highest BCUT2D eigenvalue weighted by molar-refractivity contribution is 8.03. The molecule has 0 saturated carbocycles. The van der Waals surface area contributed by atoms with Crippen molar-refractivity contribution in [2.45, 2.75) is 26.9 Å². The summed E-state index contributed by atoms with van der Waals surface area (Å²) in [6.07, 6.45) is 5.62. The Hall–Kier alpha value is -0.630. The molecule has 0 spiro atoms. The maximum Gasteiger partial charge on any atom is 0.175 e. The maximum absolute atomic E-state index is 6.06. The predicted molar refractivity (Wildman–Crippen MR) is 78.2 cm³/mol. The first kappa shape index (κ1) is 13.8. The van der Waals surface area contributed by atoms with Crippen molar-refractivity contribution >= 4 is 34.9 Å². The molecule has 0 aliphatic heterocycles. The molecular weight excluding hydrogens is 284 g/mol. The van der Waals surface area contributed by atoms with Crippen LogP contribution >= 0.6 is 34.9 Å². The van der Waals surface area contributed by atoms with E-state index in [9.17, 15) is 0 Å². The largest absolute Gasteiger partial charge is 0.327 e. The summed E-state index contributed by atoms with van der Waals surface area (Å²) in [5.41, 5.74) is 7.18. The van der Waals surface area contributed by atoms with E-state index in [1.54, 1.807) is 41.1 Å². The molecule has 2 atom stereocenters. The first-order valence-corrected chi connectivity index (χ1v) is 8.32. The summed E-state index contributed by atoms with van der Waals surface area (Å²) in [5, 5.41) is 8.42. The smallest absolute Gasteiger partial charge is 0.175 e. The molecule has 7 heteroatoms. The molecule has 2 heterocycles. The summed E-state index contributed by atoms with van der Waals surface area (Å²) < 4.78 is 1.93. The van der Waals surface area contributed by atoms with Crippen LogP contribution in [0.2, 0.25) is 0 Å². The Morgan fingerprint density at radius 1 is 1.33 bits per heavy atom. The summed E-state index contributed by atoms with van der Waals surface area (Å²) in [5.74, 6) is 0. The van der Waals surface area contributed by atoms with Crippen molar-refractivity contribution in [3.05, 3.63) is 30.1 Å². The zero-order valence-corrected chi connectivity index (χ0v) is 12.6. The second-order valence-corrected chi connectivity index (χ2v) is 7.14. The molecule has 0 aliphatic rings. The van der Waals surface area contributed by atoms with Crippen LogP contribution in [0.1, 0.15) is 17.7 Å². The van der Waals surface area contributed by atoms with Crippen molar-refractivity contribution in [2.24, 2.45) is 5.73 Å². The lowest BCUT2D eigenvalue weighted by molar-refractivity contribution is 0.718. The van der Waals surface area contributed by atoms with Gasteiger partial charge in [0.05, 0.1) is 5.25 Å². The first-order chi connectivity index (χ1) is 8.70. The van der Waals surface area contributed by atoms with Crippen LogP contribution in [0.4, 0.5) is 0 Å². The summed E-state index contributed by atoms with van der Waals surface area (Å²) in [7, 11) is 0. The van der Waals surface area contributed by atoms with Gasteiger partial charge in [-0.25, -0.2) is 0 Å². The van der Waals surface area contributed by atoms with Crippen molar-refractivity contribution in [3.63, 3.8) is 0 Å². The van der Waals surface area contributed by atoms with Crippen LogP contribution in [0, 0.1) is 0 Å². The van der Waals surface area contributed by atoms with Crippen LogP contribution in [0.5, 0.6) is 0 Å². The molecule has 2 N–H and O–H groups in total. The normalized spacial score (nSPS) is 14.4. The lowest BCUT2D eigenvalue weighted by Crippen LogP contribution is -2.22. The van der Waals surface area contributed by atoms with E-state index >= 15 is 0 Å². The Balaban J connectivity index is 2.17. The van der Waals surface area contributed by atoms with Gasteiger partial charge in [-0.05, 0) is 24.8 Å². The van der Waals surface area contributed by atoms with Crippen molar-refractivity contribution in [1.29, 1.82) is 0 Å². The van der Waals surface area contributed by atoms with Gasteiger partial charge in [0.2, 0.25) is 0 Å². The Bertz CT molecular complexity index is 486. The van der Waals surface area contributed by atoms with E-state index in [2.05, 4.69) is 15.2 Å².